The van der Waals surface area contributed by atoms with Crippen LogP contribution in [0, 0.1) is 6.92 Å². The third kappa shape index (κ3) is 6.77. The van der Waals surface area contributed by atoms with E-state index in [-0.39, 0.29) is 17.3 Å². The number of aryl methyl sites for hydroxylation is 2. The van der Waals surface area contributed by atoms with Gasteiger partial charge in [0.1, 0.15) is 12.6 Å². The Balaban J connectivity index is 2.03. The lowest BCUT2D eigenvalue weighted by Gasteiger charge is -2.32. The van der Waals surface area contributed by atoms with Crippen molar-refractivity contribution in [2.45, 2.75) is 51.6 Å². The smallest absolute Gasteiger partial charge is 0.264 e. The first kappa shape index (κ1) is 27.9. The largest absolute Gasteiger partial charge is 0.355 e. The van der Waals surface area contributed by atoms with E-state index in [1.807, 2.05) is 57.2 Å². The van der Waals surface area contributed by atoms with Crippen LogP contribution < -0.4 is 9.62 Å². The molecule has 0 spiro atoms. The molecule has 1 N–H and O–H groups in total. The summed E-state index contributed by atoms with van der Waals surface area (Å²) in [4.78, 5) is 28.1. The van der Waals surface area contributed by atoms with Gasteiger partial charge in [0.2, 0.25) is 11.8 Å². The highest BCUT2D eigenvalue weighted by Crippen LogP contribution is 2.25. The number of hydrogen-bond acceptors (Lipinski definition) is 4. The molecule has 7 nitrogen and oxygen atoms in total. The van der Waals surface area contributed by atoms with Gasteiger partial charge >= 0.3 is 0 Å². The number of carbonyl (C=O) groups is 2. The number of carbonyl (C=O) groups excluding carboxylic acids is 2. The normalized spacial score (nSPS) is 12.0. The standard InChI is InChI=1S/C29H35N3O4S/c1-5-24-16-18-26(19-17-24)32(37(35,36)27-14-8-7-9-15-27)21-28(33)31(23(4)29(34)30-6-2)20-25-13-11-10-12-22(25)3/h7-19,23H,5-6,20-21H2,1-4H3,(H,30,34)/t23-/m0/s1. The average molecular weight is 522 g/mol. The molecule has 0 heterocycles. The van der Waals surface area contributed by atoms with Crippen LogP contribution in [-0.4, -0.2) is 44.3 Å². The molecule has 2 amide bonds. The van der Waals surface area contributed by atoms with Crippen molar-refractivity contribution >= 4 is 27.5 Å². The summed E-state index contributed by atoms with van der Waals surface area (Å²) in [6, 6.07) is 22.0. The zero-order valence-corrected chi connectivity index (χ0v) is 22.7. The van der Waals surface area contributed by atoms with Crippen LogP contribution in [-0.2, 0) is 32.6 Å². The fraction of sp³-hybridized carbons (Fsp3) is 0.310. The molecular weight excluding hydrogens is 486 g/mol. The lowest BCUT2D eigenvalue weighted by Crippen LogP contribution is -2.51. The van der Waals surface area contributed by atoms with Crippen LogP contribution in [0.3, 0.4) is 0 Å². The molecule has 3 rings (SSSR count). The Morgan fingerprint density at radius 3 is 2.11 bits per heavy atom. The third-order valence-corrected chi connectivity index (χ3v) is 8.15. The molecule has 37 heavy (non-hydrogen) atoms. The van der Waals surface area contributed by atoms with Gasteiger partial charge in [-0.15, -0.1) is 0 Å². The molecular formula is C29H35N3O4S. The van der Waals surface area contributed by atoms with E-state index in [9.17, 15) is 18.0 Å². The number of nitrogens with zero attached hydrogens (tertiary/aromatic N) is 2. The summed E-state index contributed by atoms with van der Waals surface area (Å²) in [7, 11) is -4.05. The quantitative estimate of drug-likeness (QED) is 0.408. The van der Waals surface area contributed by atoms with Gasteiger partial charge in [0.15, 0.2) is 0 Å². The average Bonchev–Trinajstić information content (AvgIpc) is 2.91. The van der Waals surface area contributed by atoms with E-state index in [4.69, 9.17) is 0 Å². The number of benzene rings is 3. The van der Waals surface area contributed by atoms with Crippen LogP contribution in [0.4, 0.5) is 5.69 Å². The van der Waals surface area contributed by atoms with Gasteiger partial charge in [-0.3, -0.25) is 13.9 Å². The highest BCUT2D eigenvalue weighted by molar-refractivity contribution is 7.92. The van der Waals surface area contributed by atoms with Crippen molar-refractivity contribution in [2.24, 2.45) is 0 Å². The molecule has 0 aliphatic carbocycles. The molecule has 0 saturated heterocycles. The van der Waals surface area contributed by atoms with Gasteiger partial charge in [-0.2, -0.15) is 0 Å². The number of hydrogen-bond donors (Lipinski definition) is 1. The molecule has 0 aromatic heterocycles. The predicted molar refractivity (Wildman–Crippen MR) is 147 cm³/mol. The Hall–Kier alpha value is -3.65. The van der Waals surface area contributed by atoms with Gasteiger partial charge in [-0.1, -0.05) is 61.5 Å². The van der Waals surface area contributed by atoms with Crippen LogP contribution in [0.2, 0.25) is 0 Å². The molecule has 8 heteroatoms. The summed E-state index contributed by atoms with van der Waals surface area (Å²) < 4.78 is 28.6. The fourth-order valence-electron chi connectivity index (χ4n) is 4.02. The molecule has 0 aliphatic heterocycles. The molecule has 0 saturated carbocycles. The van der Waals surface area contributed by atoms with Gasteiger partial charge in [0, 0.05) is 13.1 Å². The number of nitrogens with one attached hydrogen (secondary N) is 1. The molecule has 0 radical (unpaired) electrons. The SMILES string of the molecule is CCNC(=O)[C@H](C)N(Cc1ccccc1C)C(=O)CN(c1ccc(CC)cc1)S(=O)(=O)c1ccccc1. The number of rotatable bonds is 11. The monoisotopic (exact) mass is 521 g/mol. The number of amides is 2. The summed E-state index contributed by atoms with van der Waals surface area (Å²) in [6.45, 7) is 7.59. The number of likely N-dealkylation sites (N-methyl/N-ethyl adjacent to an activating group) is 1. The molecule has 0 unspecified atom stereocenters. The fourth-order valence-corrected chi connectivity index (χ4v) is 5.46. The Kier molecular flexibility index (Phi) is 9.47. The second-order valence-electron chi connectivity index (χ2n) is 8.86. The Bertz CT molecular complexity index is 1310. The molecule has 196 valence electrons. The predicted octanol–water partition coefficient (Wildman–Crippen LogP) is 4.31. The maximum absolute atomic E-state index is 13.8. The van der Waals surface area contributed by atoms with E-state index < -0.39 is 28.5 Å². The van der Waals surface area contributed by atoms with Crippen molar-refractivity contribution in [1.29, 1.82) is 0 Å². The van der Waals surface area contributed by atoms with E-state index in [1.54, 1.807) is 37.3 Å². The Morgan fingerprint density at radius 2 is 1.51 bits per heavy atom. The molecule has 0 bridgehead atoms. The lowest BCUT2D eigenvalue weighted by molar-refractivity contribution is -0.139. The summed E-state index contributed by atoms with van der Waals surface area (Å²) >= 11 is 0. The first-order valence-corrected chi connectivity index (χ1v) is 13.9. The maximum atomic E-state index is 13.8. The van der Waals surface area contributed by atoms with E-state index >= 15 is 0 Å². The van der Waals surface area contributed by atoms with Crippen molar-refractivity contribution in [3.05, 3.63) is 95.6 Å². The summed E-state index contributed by atoms with van der Waals surface area (Å²) in [5.41, 5.74) is 3.30. The van der Waals surface area contributed by atoms with Crippen LogP contribution >= 0.6 is 0 Å². The van der Waals surface area contributed by atoms with E-state index in [0.717, 1.165) is 27.4 Å². The number of anilines is 1. The third-order valence-electron chi connectivity index (χ3n) is 6.36. The molecule has 1 atom stereocenters. The first-order valence-electron chi connectivity index (χ1n) is 12.5. The van der Waals surface area contributed by atoms with E-state index in [2.05, 4.69) is 5.32 Å². The molecule has 3 aromatic rings. The number of sulfonamides is 1. The molecule has 0 fully saturated rings. The summed E-state index contributed by atoms with van der Waals surface area (Å²) in [5, 5.41) is 2.77. The van der Waals surface area contributed by atoms with Crippen molar-refractivity contribution in [2.75, 3.05) is 17.4 Å². The minimum absolute atomic E-state index is 0.0876. The van der Waals surface area contributed by atoms with Crippen molar-refractivity contribution in [1.82, 2.24) is 10.2 Å². The maximum Gasteiger partial charge on any atom is 0.264 e. The minimum atomic E-state index is -4.05. The van der Waals surface area contributed by atoms with Gasteiger partial charge in [0.25, 0.3) is 10.0 Å². The zero-order valence-electron chi connectivity index (χ0n) is 21.8. The van der Waals surface area contributed by atoms with E-state index in [0.29, 0.717) is 12.2 Å². The van der Waals surface area contributed by atoms with Gasteiger partial charge in [-0.25, -0.2) is 8.42 Å². The molecule has 3 aromatic carbocycles. The van der Waals surface area contributed by atoms with Gasteiger partial charge in [0.05, 0.1) is 10.6 Å². The van der Waals surface area contributed by atoms with Gasteiger partial charge in [-0.05, 0) is 68.1 Å². The summed E-state index contributed by atoms with van der Waals surface area (Å²) in [5.74, 6) is -0.768. The zero-order chi connectivity index (χ0) is 27.0. The highest BCUT2D eigenvalue weighted by Gasteiger charge is 2.32. The second kappa shape index (κ2) is 12.5. The lowest BCUT2D eigenvalue weighted by atomic mass is 10.1. The van der Waals surface area contributed by atoms with Crippen LogP contribution in [0.15, 0.2) is 83.8 Å². The first-order chi connectivity index (χ1) is 17.7. The van der Waals surface area contributed by atoms with Crippen molar-refractivity contribution in [3.63, 3.8) is 0 Å². The van der Waals surface area contributed by atoms with Gasteiger partial charge < -0.3 is 10.2 Å². The second-order valence-corrected chi connectivity index (χ2v) is 10.7. The van der Waals surface area contributed by atoms with Crippen molar-refractivity contribution in [3.8, 4) is 0 Å². The van der Waals surface area contributed by atoms with Crippen LogP contribution in [0.25, 0.3) is 0 Å². The van der Waals surface area contributed by atoms with Crippen LogP contribution in [0.1, 0.15) is 37.5 Å². The van der Waals surface area contributed by atoms with Crippen molar-refractivity contribution < 1.29 is 18.0 Å². The Labute approximate surface area is 220 Å². The van der Waals surface area contributed by atoms with Crippen LogP contribution in [0.5, 0.6) is 0 Å². The topological polar surface area (TPSA) is 86.8 Å². The minimum Gasteiger partial charge on any atom is -0.355 e. The molecule has 0 aliphatic rings. The van der Waals surface area contributed by atoms with E-state index in [1.165, 1.54) is 17.0 Å². The highest BCUT2D eigenvalue weighted by atomic mass is 32.2. The Morgan fingerprint density at radius 1 is 0.892 bits per heavy atom. The summed E-state index contributed by atoms with van der Waals surface area (Å²) in [6.07, 6.45) is 0.804.